The van der Waals surface area contributed by atoms with Crippen molar-refractivity contribution in [2.24, 2.45) is 5.10 Å². The third-order valence-electron chi connectivity index (χ3n) is 2.72. The van der Waals surface area contributed by atoms with E-state index in [1.807, 2.05) is 18.2 Å². The van der Waals surface area contributed by atoms with Gasteiger partial charge in [-0.2, -0.15) is 5.10 Å². The van der Waals surface area contributed by atoms with Crippen LogP contribution in [0.25, 0.3) is 0 Å². The first kappa shape index (κ1) is 14.5. The number of nitrogens with zero attached hydrogens (tertiary/aromatic N) is 1. The molecule has 2 aromatic rings. The SMILES string of the molecule is O=C(O)CC/C(=N\NC(=O)c1ccco1)c1ccccc1. The summed E-state index contributed by atoms with van der Waals surface area (Å²) in [5, 5.41) is 12.8. The fourth-order valence-corrected chi connectivity index (χ4v) is 1.70. The molecule has 2 rings (SSSR count). The lowest BCUT2D eigenvalue weighted by Gasteiger charge is -2.05. The van der Waals surface area contributed by atoms with Gasteiger partial charge in [0, 0.05) is 6.42 Å². The van der Waals surface area contributed by atoms with Crippen LogP contribution in [-0.2, 0) is 4.79 Å². The Labute approximate surface area is 121 Å². The van der Waals surface area contributed by atoms with Crippen LogP contribution in [0.2, 0.25) is 0 Å². The van der Waals surface area contributed by atoms with Crippen LogP contribution < -0.4 is 5.43 Å². The van der Waals surface area contributed by atoms with E-state index in [1.54, 1.807) is 18.2 Å². The van der Waals surface area contributed by atoms with E-state index in [2.05, 4.69) is 10.5 Å². The fraction of sp³-hybridized carbons (Fsp3) is 0.133. The molecule has 0 bridgehead atoms. The summed E-state index contributed by atoms with van der Waals surface area (Å²) in [7, 11) is 0. The predicted molar refractivity (Wildman–Crippen MR) is 76.0 cm³/mol. The summed E-state index contributed by atoms with van der Waals surface area (Å²) in [6.07, 6.45) is 1.54. The summed E-state index contributed by atoms with van der Waals surface area (Å²) >= 11 is 0. The molecule has 6 heteroatoms. The highest BCUT2D eigenvalue weighted by Crippen LogP contribution is 2.07. The summed E-state index contributed by atoms with van der Waals surface area (Å²) in [4.78, 5) is 22.5. The zero-order chi connectivity index (χ0) is 15.1. The Morgan fingerprint density at radius 2 is 1.86 bits per heavy atom. The summed E-state index contributed by atoms with van der Waals surface area (Å²) < 4.78 is 4.96. The van der Waals surface area contributed by atoms with Gasteiger partial charge in [0.1, 0.15) is 0 Å². The molecule has 0 aliphatic carbocycles. The Morgan fingerprint density at radius 3 is 2.48 bits per heavy atom. The maximum absolute atomic E-state index is 11.8. The third-order valence-corrected chi connectivity index (χ3v) is 2.72. The lowest BCUT2D eigenvalue weighted by Crippen LogP contribution is -2.20. The third kappa shape index (κ3) is 4.31. The van der Waals surface area contributed by atoms with Gasteiger partial charge >= 0.3 is 11.9 Å². The van der Waals surface area contributed by atoms with Crippen LogP contribution in [0, 0.1) is 0 Å². The van der Waals surface area contributed by atoms with Crippen molar-refractivity contribution in [1.29, 1.82) is 0 Å². The van der Waals surface area contributed by atoms with Crippen molar-refractivity contribution >= 4 is 17.6 Å². The van der Waals surface area contributed by atoms with Gasteiger partial charge in [-0.05, 0) is 17.7 Å². The standard InChI is InChI=1S/C15H14N2O4/c18-14(19)9-8-12(11-5-2-1-3-6-11)16-17-15(20)13-7-4-10-21-13/h1-7,10H,8-9H2,(H,17,20)(H,18,19)/b16-12+. The van der Waals surface area contributed by atoms with Crippen LogP contribution in [0.4, 0.5) is 0 Å². The molecular weight excluding hydrogens is 272 g/mol. The molecule has 1 heterocycles. The number of furan rings is 1. The van der Waals surface area contributed by atoms with Crippen molar-refractivity contribution in [3.63, 3.8) is 0 Å². The quantitative estimate of drug-likeness (QED) is 0.629. The lowest BCUT2D eigenvalue weighted by molar-refractivity contribution is -0.136. The molecule has 1 aromatic heterocycles. The molecule has 2 N–H and O–H groups in total. The monoisotopic (exact) mass is 286 g/mol. The average Bonchev–Trinajstić information content (AvgIpc) is 3.02. The second-order valence-corrected chi connectivity index (χ2v) is 4.24. The molecule has 0 unspecified atom stereocenters. The first-order valence-electron chi connectivity index (χ1n) is 6.34. The van der Waals surface area contributed by atoms with Crippen molar-refractivity contribution in [2.75, 3.05) is 0 Å². The smallest absolute Gasteiger partial charge is 0.307 e. The number of amides is 1. The maximum Gasteiger partial charge on any atom is 0.307 e. The molecular formula is C15H14N2O4. The van der Waals surface area contributed by atoms with Gasteiger partial charge in [-0.1, -0.05) is 30.3 Å². The molecule has 6 nitrogen and oxygen atoms in total. The van der Waals surface area contributed by atoms with Gasteiger partial charge in [0.25, 0.3) is 0 Å². The summed E-state index contributed by atoms with van der Waals surface area (Å²) in [6.45, 7) is 0. The van der Waals surface area contributed by atoms with Crippen LogP contribution in [0.5, 0.6) is 0 Å². The van der Waals surface area contributed by atoms with E-state index in [1.165, 1.54) is 12.3 Å². The summed E-state index contributed by atoms with van der Waals surface area (Å²) in [5.41, 5.74) is 3.63. The molecule has 1 aromatic carbocycles. The van der Waals surface area contributed by atoms with E-state index in [0.29, 0.717) is 5.71 Å². The Hall–Kier alpha value is -2.89. The van der Waals surface area contributed by atoms with E-state index < -0.39 is 11.9 Å². The second kappa shape index (κ2) is 7.04. The Morgan fingerprint density at radius 1 is 1.10 bits per heavy atom. The van der Waals surface area contributed by atoms with Crippen molar-refractivity contribution in [3.8, 4) is 0 Å². The van der Waals surface area contributed by atoms with Gasteiger partial charge in [0.15, 0.2) is 5.76 Å². The number of hydrogen-bond donors (Lipinski definition) is 2. The number of carboxylic acids is 1. The predicted octanol–water partition coefficient (Wildman–Crippen LogP) is 2.28. The highest BCUT2D eigenvalue weighted by Gasteiger charge is 2.10. The highest BCUT2D eigenvalue weighted by atomic mass is 16.4. The number of carboxylic acid groups (broad SMARTS) is 1. The van der Waals surface area contributed by atoms with Crippen LogP contribution in [-0.4, -0.2) is 22.7 Å². The first-order chi connectivity index (χ1) is 10.2. The summed E-state index contributed by atoms with van der Waals surface area (Å²) in [6, 6.07) is 12.2. The van der Waals surface area contributed by atoms with Crippen LogP contribution in [0.3, 0.4) is 0 Å². The van der Waals surface area contributed by atoms with E-state index in [0.717, 1.165) is 5.56 Å². The van der Waals surface area contributed by atoms with Crippen LogP contribution in [0.1, 0.15) is 29.0 Å². The van der Waals surface area contributed by atoms with Crippen molar-refractivity contribution in [3.05, 3.63) is 60.1 Å². The molecule has 0 spiro atoms. The zero-order valence-corrected chi connectivity index (χ0v) is 11.2. The van der Waals surface area contributed by atoms with Gasteiger partial charge < -0.3 is 9.52 Å². The maximum atomic E-state index is 11.8. The highest BCUT2D eigenvalue weighted by molar-refractivity contribution is 6.02. The second-order valence-electron chi connectivity index (χ2n) is 4.24. The number of nitrogens with one attached hydrogen (secondary N) is 1. The van der Waals surface area contributed by atoms with E-state index in [-0.39, 0.29) is 18.6 Å². The van der Waals surface area contributed by atoms with E-state index in [9.17, 15) is 9.59 Å². The van der Waals surface area contributed by atoms with Crippen molar-refractivity contribution in [1.82, 2.24) is 5.43 Å². The molecule has 21 heavy (non-hydrogen) atoms. The van der Waals surface area contributed by atoms with Gasteiger partial charge in [-0.15, -0.1) is 0 Å². The van der Waals surface area contributed by atoms with Gasteiger partial charge in [-0.25, -0.2) is 5.43 Å². The number of carbonyl (C=O) groups excluding carboxylic acids is 1. The fourth-order valence-electron chi connectivity index (χ4n) is 1.70. The zero-order valence-electron chi connectivity index (χ0n) is 11.2. The molecule has 108 valence electrons. The van der Waals surface area contributed by atoms with E-state index in [4.69, 9.17) is 9.52 Å². The van der Waals surface area contributed by atoms with Gasteiger partial charge in [-0.3, -0.25) is 9.59 Å². The molecule has 0 aliphatic heterocycles. The minimum absolute atomic E-state index is 0.0651. The van der Waals surface area contributed by atoms with Crippen molar-refractivity contribution < 1.29 is 19.1 Å². The largest absolute Gasteiger partial charge is 0.481 e. The number of hydrogen-bond acceptors (Lipinski definition) is 4. The molecule has 0 saturated carbocycles. The number of benzene rings is 1. The van der Waals surface area contributed by atoms with Gasteiger partial charge in [0.05, 0.1) is 18.4 Å². The minimum atomic E-state index is -0.920. The topological polar surface area (TPSA) is 91.9 Å². The lowest BCUT2D eigenvalue weighted by atomic mass is 10.1. The number of rotatable bonds is 6. The molecule has 0 atom stereocenters. The normalized spacial score (nSPS) is 11.1. The molecule has 0 saturated heterocycles. The Kier molecular flexibility index (Phi) is 4.87. The molecule has 1 amide bonds. The number of hydrazone groups is 1. The minimum Gasteiger partial charge on any atom is -0.481 e. The first-order valence-corrected chi connectivity index (χ1v) is 6.34. The summed E-state index contributed by atoms with van der Waals surface area (Å²) in [5.74, 6) is -1.26. The van der Waals surface area contributed by atoms with E-state index >= 15 is 0 Å². The molecule has 0 aliphatic rings. The molecule has 0 radical (unpaired) electrons. The number of carbonyl (C=O) groups is 2. The number of aliphatic carboxylic acids is 1. The Balaban J connectivity index is 2.12. The Bertz CT molecular complexity index is 633. The molecule has 0 fully saturated rings. The van der Waals surface area contributed by atoms with Crippen molar-refractivity contribution in [2.45, 2.75) is 12.8 Å². The van der Waals surface area contributed by atoms with Crippen LogP contribution in [0.15, 0.2) is 58.2 Å². The van der Waals surface area contributed by atoms with Gasteiger partial charge in [0.2, 0.25) is 0 Å². The average molecular weight is 286 g/mol. The van der Waals surface area contributed by atoms with Crippen LogP contribution >= 0.6 is 0 Å².